The number of halogens is 1. The molecule has 2 fully saturated rings. The van der Waals surface area contributed by atoms with Crippen LogP contribution in [0, 0.1) is 10.8 Å². The maximum absolute atomic E-state index is 13.2. The molecule has 0 amide bonds. The Bertz CT molecular complexity index is 815. The van der Waals surface area contributed by atoms with Gasteiger partial charge in [0.1, 0.15) is 5.75 Å². The van der Waals surface area contributed by atoms with Crippen molar-refractivity contribution < 1.29 is 23.4 Å². The molecule has 31 heavy (non-hydrogen) atoms. The van der Waals surface area contributed by atoms with Crippen LogP contribution in [0.3, 0.4) is 0 Å². The SMILES string of the molecule is CCOC(=O)C1(CC2(CO[Si](C)(C)C(C)(C)C)COC2)CC1c1ccc(Br)c(OC)c1. The summed E-state index contributed by atoms with van der Waals surface area (Å²) in [5.74, 6) is 0.810. The zero-order chi connectivity index (χ0) is 23.1. The molecular weight excluding hydrogens is 476 g/mol. The van der Waals surface area contributed by atoms with E-state index in [2.05, 4.69) is 55.9 Å². The molecule has 0 spiro atoms. The molecule has 1 aliphatic carbocycles. The molecule has 0 bridgehead atoms. The summed E-state index contributed by atoms with van der Waals surface area (Å²) in [4.78, 5) is 13.2. The number of ether oxygens (including phenoxy) is 3. The highest BCUT2D eigenvalue weighted by Gasteiger charge is 2.65. The van der Waals surface area contributed by atoms with Gasteiger partial charge in [-0.15, -0.1) is 0 Å². The van der Waals surface area contributed by atoms with Crippen LogP contribution in [-0.2, 0) is 18.7 Å². The normalized spacial score (nSPS) is 25.0. The van der Waals surface area contributed by atoms with Crippen LogP contribution in [-0.4, -0.2) is 47.8 Å². The highest BCUT2D eigenvalue weighted by Crippen LogP contribution is 2.66. The van der Waals surface area contributed by atoms with Crippen molar-refractivity contribution in [2.75, 3.05) is 33.5 Å². The Morgan fingerprint density at radius 2 is 1.97 bits per heavy atom. The lowest BCUT2D eigenvalue weighted by Crippen LogP contribution is -2.52. The summed E-state index contributed by atoms with van der Waals surface area (Å²) >= 11 is 3.52. The number of esters is 1. The van der Waals surface area contributed by atoms with Gasteiger partial charge in [-0.25, -0.2) is 0 Å². The fourth-order valence-electron chi connectivity index (χ4n) is 4.25. The zero-order valence-electron chi connectivity index (χ0n) is 20.0. The molecule has 1 aliphatic heterocycles. The van der Waals surface area contributed by atoms with Crippen LogP contribution < -0.4 is 4.74 Å². The van der Waals surface area contributed by atoms with Crippen molar-refractivity contribution in [1.29, 1.82) is 0 Å². The maximum atomic E-state index is 13.2. The Balaban J connectivity index is 1.83. The molecule has 2 aliphatic rings. The number of carbonyl (C=O) groups is 1. The summed E-state index contributed by atoms with van der Waals surface area (Å²) in [5, 5.41) is 0.147. The van der Waals surface area contributed by atoms with Crippen LogP contribution in [0.15, 0.2) is 22.7 Å². The lowest BCUT2D eigenvalue weighted by atomic mass is 9.75. The first kappa shape index (κ1) is 24.7. The summed E-state index contributed by atoms with van der Waals surface area (Å²) in [6.07, 6.45) is 1.52. The summed E-state index contributed by atoms with van der Waals surface area (Å²) in [5.41, 5.74) is 0.472. The highest BCUT2D eigenvalue weighted by atomic mass is 79.9. The quantitative estimate of drug-likeness (QED) is 0.303. The summed E-state index contributed by atoms with van der Waals surface area (Å²) < 4.78 is 24.2. The Kier molecular flexibility index (Phi) is 7.03. The highest BCUT2D eigenvalue weighted by molar-refractivity contribution is 9.10. The van der Waals surface area contributed by atoms with Gasteiger partial charge in [0.25, 0.3) is 0 Å². The van der Waals surface area contributed by atoms with Crippen molar-refractivity contribution in [3.8, 4) is 5.75 Å². The Morgan fingerprint density at radius 3 is 2.48 bits per heavy atom. The standard InChI is InChI=1S/C24H37BrO5Si/c1-8-29-21(26)24(12-18(24)17-9-10-19(25)20(11-17)27-5)13-23(14-28-15-23)16-30-31(6,7)22(2,3)4/h9-11,18H,8,12-16H2,1-7H3. The molecule has 1 aromatic carbocycles. The van der Waals surface area contributed by atoms with E-state index in [0.29, 0.717) is 26.4 Å². The van der Waals surface area contributed by atoms with E-state index < -0.39 is 13.7 Å². The van der Waals surface area contributed by atoms with Crippen LogP contribution in [0.25, 0.3) is 0 Å². The van der Waals surface area contributed by atoms with Gasteiger partial charge in [-0.3, -0.25) is 4.79 Å². The number of carbonyl (C=O) groups excluding carboxylic acids is 1. The van der Waals surface area contributed by atoms with Crippen LogP contribution in [0.5, 0.6) is 5.75 Å². The molecule has 0 aromatic heterocycles. The predicted octanol–water partition coefficient (Wildman–Crippen LogP) is 5.92. The lowest BCUT2D eigenvalue weighted by Gasteiger charge is -2.46. The second kappa shape index (κ2) is 8.80. The third-order valence-electron chi connectivity index (χ3n) is 7.39. The molecule has 7 heteroatoms. The van der Waals surface area contributed by atoms with Crippen molar-refractivity contribution >= 4 is 30.2 Å². The Hall–Kier alpha value is -0.893. The van der Waals surface area contributed by atoms with Crippen molar-refractivity contribution in [3.05, 3.63) is 28.2 Å². The van der Waals surface area contributed by atoms with E-state index in [1.807, 2.05) is 19.1 Å². The smallest absolute Gasteiger partial charge is 0.312 e. The van der Waals surface area contributed by atoms with Gasteiger partial charge in [-0.2, -0.15) is 0 Å². The molecule has 1 saturated carbocycles. The molecule has 3 rings (SSSR count). The molecule has 174 valence electrons. The van der Waals surface area contributed by atoms with Crippen molar-refractivity contribution in [3.63, 3.8) is 0 Å². The van der Waals surface area contributed by atoms with Gasteiger partial charge in [0.05, 0.1) is 36.8 Å². The van der Waals surface area contributed by atoms with E-state index in [4.69, 9.17) is 18.6 Å². The molecule has 5 nitrogen and oxygen atoms in total. The van der Waals surface area contributed by atoms with Crippen molar-refractivity contribution in [2.45, 2.75) is 64.6 Å². The van der Waals surface area contributed by atoms with Gasteiger partial charge in [0.2, 0.25) is 0 Å². The number of rotatable bonds is 9. The third kappa shape index (κ3) is 4.89. The first-order valence-electron chi connectivity index (χ1n) is 11.1. The number of methoxy groups -OCH3 is 1. The van der Waals surface area contributed by atoms with Crippen LogP contribution >= 0.6 is 15.9 Å². The van der Waals surface area contributed by atoms with E-state index in [9.17, 15) is 4.79 Å². The van der Waals surface area contributed by atoms with Gasteiger partial charge in [0, 0.05) is 17.9 Å². The van der Waals surface area contributed by atoms with E-state index in [1.54, 1.807) is 7.11 Å². The largest absolute Gasteiger partial charge is 0.496 e. The molecule has 0 N–H and O–H groups in total. The molecule has 2 atom stereocenters. The molecular formula is C24H37BrO5Si. The molecule has 2 unspecified atom stereocenters. The van der Waals surface area contributed by atoms with Gasteiger partial charge < -0.3 is 18.6 Å². The minimum absolute atomic E-state index is 0.0968. The number of benzene rings is 1. The third-order valence-corrected chi connectivity index (χ3v) is 12.5. The summed E-state index contributed by atoms with van der Waals surface area (Å²) in [7, 11) is -0.227. The maximum Gasteiger partial charge on any atom is 0.312 e. The monoisotopic (exact) mass is 512 g/mol. The molecule has 1 aromatic rings. The van der Waals surface area contributed by atoms with Gasteiger partial charge in [0.15, 0.2) is 8.32 Å². The van der Waals surface area contributed by atoms with E-state index in [0.717, 1.165) is 28.6 Å². The average Bonchev–Trinajstić information content (AvgIpc) is 3.39. The first-order valence-corrected chi connectivity index (χ1v) is 14.8. The molecule has 0 radical (unpaired) electrons. The Morgan fingerprint density at radius 1 is 1.29 bits per heavy atom. The molecule has 1 heterocycles. The fourth-order valence-corrected chi connectivity index (χ4v) is 5.76. The summed E-state index contributed by atoms with van der Waals surface area (Å²) in [6.45, 7) is 15.5. The second-order valence-corrected chi connectivity index (χ2v) is 16.4. The van der Waals surface area contributed by atoms with Gasteiger partial charge in [-0.1, -0.05) is 26.8 Å². The van der Waals surface area contributed by atoms with E-state index in [1.165, 1.54) is 0 Å². The van der Waals surface area contributed by atoms with Crippen LogP contribution in [0.2, 0.25) is 18.1 Å². The zero-order valence-corrected chi connectivity index (χ0v) is 22.6. The van der Waals surface area contributed by atoms with Crippen LogP contribution in [0.4, 0.5) is 0 Å². The second-order valence-electron chi connectivity index (χ2n) is 10.7. The topological polar surface area (TPSA) is 54.0 Å². The first-order chi connectivity index (χ1) is 14.4. The fraction of sp³-hybridized carbons (Fsp3) is 0.708. The van der Waals surface area contributed by atoms with Crippen molar-refractivity contribution in [1.82, 2.24) is 0 Å². The summed E-state index contributed by atoms with van der Waals surface area (Å²) in [6, 6.07) is 6.10. The van der Waals surface area contributed by atoms with Gasteiger partial charge >= 0.3 is 5.97 Å². The number of hydrogen-bond donors (Lipinski definition) is 0. The Labute approximate surface area is 196 Å². The minimum atomic E-state index is -1.89. The minimum Gasteiger partial charge on any atom is -0.496 e. The average molecular weight is 514 g/mol. The predicted molar refractivity (Wildman–Crippen MR) is 128 cm³/mol. The van der Waals surface area contributed by atoms with Crippen molar-refractivity contribution in [2.24, 2.45) is 10.8 Å². The van der Waals surface area contributed by atoms with Crippen LogP contribution in [0.1, 0.15) is 52.0 Å². The lowest BCUT2D eigenvalue weighted by molar-refractivity contribution is -0.167. The molecule has 1 saturated heterocycles. The van der Waals surface area contributed by atoms with E-state index >= 15 is 0 Å². The van der Waals surface area contributed by atoms with E-state index in [-0.39, 0.29) is 22.3 Å². The number of hydrogen-bond acceptors (Lipinski definition) is 5. The van der Waals surface area contributed by atoms with Gasteiger partial charge in [-0.05, 0) is 71.5 Å².